The first-order valence-corrected chi connectivity index (χ1v) is 4.88. The Bertz CT molecular complexity index is 250. The molecule has 0 aliphatic heterocycles. The summed E-state index contributed by atoms with van der Waals surface area (Å²) in [6.45, 7) is 4.90. The minimum absolute atomic E-state index is 0.0467. The van der Waals surface area contributed by atoms with Gasteiger partial charge in [-0.1, -0.05) is 0 Å². The molecule has 7 heteroatoms. The Hall–Kier alpha value is -1.50. The van der Waals surface area contributed by atoms with E-state index in [0.717, 1.165) is 0 Å². The molecule has 7 nitrogen and oxygen atoms in total. The molecule has 3 amide bonds. The van der Waals surface area contributed by atoms with Gasteiger partial charge in [0.05, 0.1) is 12.6 Å². The minimum Gasteiger partial charge on any atom is -0.444 e. The van der Waals surface area contributed by atoms with Crippen molar-refractivity contribution in [1.29, 1.82) is 0 Å². The summed E-state index contributed by atoms with van der Waals surface area (Å²) < 4.78 is 4.97. The molecule has 0 aliphatic rings. The van der Waals surface area contributed by atoms with E-state index < -0.39 is 23.8 Å². The molecule has 0 saturated heterocycles. The van der Waals surface area contributed by atoms with Gasteiger partial charge in [0.25, 0.3) is 0 Å². The van der Waals surface area contributed by atoms with Crippen molar-refractivity contribution in [3.05, 3.63) is 0 Å². The highest BCUT2D eigenvalue weighted by molar-refractivity contribution is 5.72. The van der Waals surface area contributed by atoms with Crippen LogP contribution in [0.1, 0.15) is 20.8 Å². The molecule has 1 atom stereocenters. The number of amides is 3. The third-order valence-electron chi connectivity index (χ3n) is 1.46. The molecular formula is C9H19N3O4. The van der Waals surface area contributed by atoms with Crippen LogP contribution in [-0.4, -0.2) is 42.0 Å². The number of hydrogen-bond donors (Lipinski definition) is 4. The number of rotatable bonds is 4. The zero-order valence-corrected chi connectivity index (χ0v) is 9.74. The second kappa shape index (κ2) is 6.16. The third-order valence-corrected chi connectivity index (χ3v) is 1.46. The Morgan fingerprint density at radius 1 is 1.44 bits per heavy atom. The molecule has 16 heavy (non-hydrogen) atoms. The SMILES string of the molecule is CC(C)(C)OC(=O)NC(CO)CNC(N)=O. The first-order chi connectivity index (χ1) is 7.24. The van der Waals surface area contributed by atoms with Crippen molar-refractivity contribution in [3.8, 4) is 0 Å². The molecule has 0 aromatic carbocycles. The Balaban J connectivity index is 4.02. The van der Waals surface area contributed by atoms with E-state index in [1.807, 2.05) is 0 Å². The first kappa shape index (κ1) is 14.5. The van der Waals surface area contributed by atoms with E-state index in [-0.39, 0.29) is 13.2 Å². The van der Waals surface area contributed by atoms with Crippen molar-refractivity contribution < 1.29 is 19.4 Å². The van der Waals surface area contributed by atoms with Crippen molar-refractivity contribution in [2.45, 2.75) is 32.4 Å². The van der Waals surface area contributed by atoms with Crippen LogP contribution in [0.15, 0.2) is 0 Å². The van der Waals surface area contributed by atoms with Gasteiger partial charge in [0.15, 0.2) is 0 Å². The number of carbonyl (C=O) groups excluding carboxylic acids is 2. The van der Waals surface area contributed by atoms with E-state index in [1.165, 1.54) is 0 Å². The Kier molecular flexibility index (Phi) is 5.59. The number of nitrogens with two attached hydrogens (primary N) is 1. The second-order valence-electron chi connectivity index (χ2n) is 4.27. The topological polar surface area (TPSA) is 114 Å². The lowest BCUT2D eigenvalue weighted by molar-refractivity contribution is 0.0483. The predicted octanol–water partition coefficient (Wildman–Crippen LogP) is -0.460. The highest BCUT2D eigenvalue weighted by Crippen LogP contribution is 2.06. The lowest BCUT2D eigenvalue weighted by atomic mass is 10.2. The molecule has 94 valence electrons. The zero-order chi connectivity index (χ0) is 12.8. The van der Waals surface area contributed by atoms with Gasteiger partial charge in [-0.2, -0.15) is 0 Å². The molecule has 5 N–H and O–H groups in total. The van der Waals surface area contributed by atoms with Crippen molar-refractivity contribution in [2.75, 3.05) is 13.2 Å². The molecular weight excluding hydrogens is 214 g/mol. The number of carbonyl (C=O) groups is 2. The maximum Gasteiger partial charge on any atom is 0.408 e. The van der Waals surface area contributed by atoms with Gasteiger partial charge in [0, 0.05) is 6.54 Å². The van der Waals surface area contributed by atoms with E-state index in [1.54, 1.807) is 20.8 Å². The fourth-order valence-corrected chi connectivity index (χ4v) is 0.859. The fraction of sp³-hybridized carbons (Fsp3) is 0.778. The van der Waals surface area contributed by atoms with Crippen LogP contribution in [0.3, 0.4) is 0 Å². The third kappa shape index (κ3) is 7.86. The van der Waals surface area contributed by atoms with Gasteiger partial charge in [-0.15, -0.1) is 0 Å². The van der Waals surface area contributed by atoms with Gasteiger partial charge < -0.3 is 26.2 Å². The summed E-state index contributed by atoms with van der Waals surface area (Å²) in [5.41, 5.74) is 4.24. The van der Waals surface area contributed by atoms with Crippen LogP contribution in [0.4, 0.5) is 9.59 Å². The lowest BCUT2D eigenvalue weighted by Gasteiger charge is -2.22. The smallest absolute Gasteiger partial charge is 0.408 e. The molecule has 0 aromatic heterocycles. The van der Waals surface area contributed by atoms with Crippen LogP contribution < -0.4 is 16.4 Å². The standard InChI is InChI=1S/C9H19N3O4/c1-9(2,3)16-8(15)12-6(5-13)4-11-7(10)14/h6,13H,4-5H2,1-3H3,(H,12,15)(H3,10,11,14). The van der Waals surface area contributed by atoms with E-state index >= 15 is 0 Å². The van der Waals surface area contributed by atoms with E-state index in [9.17, 15) is 9.59 Å². The van der Waals surface area contributed by atoms with Gasteiger partial charge in [-0.3, -0.25) is 0 Å². The highest BCUT2D eigenvalue weighted by Gasteiger charge is 2.19. The minimum atomic E-state index is -0.718. The number of aliphatic hydroxyl groups excluding tert-OH is 1. The Morgan fingerprint density at radius 2 is 2.00 bits per heavy atom. The van der Waals surface area contributed by atoms with Crippen LogP contribution in [0.2, 0.25) is 0 Å². The first-order valence-electron chi connectivity index (χ1n) is 4.88. The predicted molar refractivity (Wildman–Crippen MR) is 57.8 cm³/mol. The van der Waals surface area contributed by atoms with E-state index in [2.05, 4.69) is 10.6 Å². The summed E-state index contributed by atoms with van der Waals surface area (Å²) in [5, 5.41) is 13.6. The number of hydrogen-bond acceptors (Lipinski definition) is 4. The molecule has 0 aromatic rings. The van der Waals surface area contributed by atoms with Crippen LogP contribution in [0.5, 0.6) is 0 Å². The maximum absolute atomic E-state index is 11.3. The molecule has 0 heterocycles. The zero-order valence-electron chi connectivity index (χ0n) is 9.74. The van der Waals surface area contributed by atoms with Crippen LogP contribution in [-0.2, 0) is 4.74 Å². The summed E-state index contributed by atoms with van der Waals surface area (Å²) in [5.74, 6) is 0. The van der Waals surface area contributed by atoms with Crippen molar-refractivity contribution in [2.24, 2.45) is 5.73 Å². The van der Waals surface area contributed by atoms with Gasteiger partial charge in [0.2, 0.25) is 0 Å². The monoisotopic (exact) mass is 233 g/mol. The number of urea groups is 1. The van der Waals surface area contributed by atoms with Crippen molar-refractivity contribution in [1.82, 2.24) is 10.6 Å². The van der Waals surface area contributed by atoms with Crippen LogP contribution in [0.25, 0.3) is 0 Å². The average Bonchev–Trinajstić information content (AvgIpc) is 2.08. The molecule has 0 saturated carbocycles. The van der Waals surface area contributed by atoms with E-state index in [0.29, 0.717) is 0 Å². The largest absolute Gasteiger partial charge is 0.444 e. The Morgan fingerprint density at radius 3 is 2.38 bits per heavy atom. The second-order valence-corrected chi connectivity index (χ2v) is 4.27. The fourth-order valence-electron chi connectivity index (χ4n) is 0.859. The maximum atomic E-state index is 11.3. The van der Waals surface area contributed by atoms with E-state index in [4.69, 9.17) is 15.6 Å². The summed E-state index contributed by atoms with van der Waals surface area (Å²) >= 11 is 0. The lowest BCUT2D eigenvalue weighted by Crippen LogP contribution is -2.48. The number of aliphatic hydroxyl groups is 1. The summed E-state index contributed by atoms with van der Waals surface area (Å²) in [4.78, 5) is 21.7. The molecule has 0 aliphatic carbocycles. The highest BCUT2D eigenvalue weighted by atomic mass is 16.6. The summed E-state index contributed by atoms with van der Waals surface area (Å²) in [6.07, 6.45) is -0.655. The average molecular weight is 233 g/mol. The quantitative estimate of drug-likeness (QED) is 0.526. The molecule has 0 radical (unpaired) electrons. The van der Waals surface area contributed by atoms with Crippen LogP contribution in [0, 0.1) is 0 Å². The van der Waals surface area contributed by atoms with Gasteiger partial charge in [0.1, 0.15) is 5.60 Å². The van der Waals surface area contributed by atoms with Gasteiger partial charge >= 0.3 is 12.1 Å². The van der Waals surface area contributed by atoms with Gasteiger partial charge in [-0.05, 0) is 20.8 Å². The molecule has 0 fully saturated rings. The molecule has 0 bridgehead atoms. The van der Waals surface area contributed by atoms with Gasteiger partial charge in [-0.25, -0.2) is 9.59 Å². The van der Waals surface area contributed by atoms with Crippen LogP contribution >= 0.6 is 0 Å². The number of nitrogens with one attached hydrogen (secondary N) is 2. The number of ether oxygens (including phenoxy) is 1. The van der Waals surface area contributed by atoms with Crippen molar-refractivity contribution in [3.63, 3.8) is 0 Å². The summed E-state index contributed by atoms with van der Waals surface area (Å²) in [7, 11) is 0. The molecule has 1 unspecified atom stereocenters. The normalized spacial score (nSPS) is 12.8. The Labute approximate surface area is 94.3 Å². The molecule has 0 spiro atoms. The molecule has 0 rings (SSSR count). The summed E-state index contributed by atoms with van der Waals surface area (Å²) in [6, 6.07) is -1.34. The van der Waals surface area contributed by atoms with Crippen molar-refractivity contribution >= 4 is 12.1 Å². The number of primary amides is 1. The number of alkyl carbamates (subject to hydrolysis) is 1.